The molecule has 1 aliphatic heterocycles. The van der Waals surface area contributed by atoms with Gasteiger partial charge in [-0.1, -0.05) is 0 Å². The quantitative estimate of drug-likeness (QED) is 0.209. The number of aliphatic hydroxyl groups is 1. The zero-order valence-electron chi connectivity index (χ0n) is 14.2. The number of H-pyrrole nitrogens is 1. The highest BCUT2D eigenvalue weighted by molar-refractivity contribution is 7.71. The zero-order chi connectivity index (χ0) is 22.2. The first kappa shape index (κ1) is 24.3. The number of phosphoric acid groups is 3. The Hall–Kier alpha value is -0.990. The SMILES string of the molecule is CC1=C(n2ccc(=O)[nH]c2=S)O[C@H](COP(=O)(O)OP(=O)(O)OP(=O)(O)O)[C@@H]1O. The van der Waals surface area contributed by atoms with E-state index in [-0.39, 0.29) is 16.2 Å². The number of aromatic nitrogens is 2. The number of rotatable bonds is 8. The molecule has 0 amide bonds. The van der Waals surface area contributed by atoms with E-state index in [4.69, 9.17) is 31.6 Å². The summed E-state index contributed by atoms with van der Waals surface area (Å²) in [5, 5.41) is 10.2. The third-order valence-electron chi connectivity index (χ3n) is 3.26. The summed E-state index contributed by atoms with van der Waals surface area (Å²) in [4.78, 5) is 49.0. The minimum atomic E-state index is -5.66. The Bertz CT molecular complexity index is 1070. The maximum Gasteiger partial charge on any atom is 0.490 e. The van der Waals surface area contributed by atoms with Crippen molar-refractivity contribution < 1.29 is 56.3 Å². The number of ether oxygens (including phenoxy) is 1. The maximum absolute atomic E-state index is 11.7. The summed E-state index contributed by atoms with van der Waals surface area (Å²) >= 11 is 4.97. The monoisotopic (exact) mass is 496 g/mol. The summed E-state index contributed by atoms with van der Waals surface area (Å²) in [5.41, 5.74) is -0.264. The molecule has 164 valence electrons. The van der Waals surface area contributed by atoms with Crippen molar-refractivity contribution >= 4 is 41.6 Å². The van der Waals surface area contributed by atoms with Crippen LogP contribution in [0, 0.1) is 4.77 Å². The standard InChI is InChI=1S/C10H15N2O13P3S/c1-5-8(14)6(23-9(5)12-3-2-7(13)11-10(12)29)4-22-27(18,19)25-28(20,21)24-26(15,16)17/h2-3,6,8,14H,4H2,1H3,(H,18,19)(H,20,21)(H,11,13,29)(H2,15,16,17)/t6-,8-/m1/s1. The zero-order valence-corrected chi connectivity index (χ0v) is 17.7. The topological polar surface area (TPSA) is 227 Å². The van der Waals surface area contributed by atoms with Crippen molar-refractivity contribution in [2.75, 3.05) is 6.61 Å². The van der Waals surface area contributed by atoms with Crippen molar-refractivity contribution in [3.63, 3.8) is 0 Å². The van der Waals surface area contributed by atoms with Gasteiger partial charge in [-0.15, -0.1) is 0 Å². The normalized spacial score (nSPS) is 24.1. The predicted octanol–water partition coefficient (Wildman–Crippen LogP) is 0.197. The van der Waals surface area contributed by atoms with Gasteiger partial charge in [0.05, 0.1) is 6.61 Å². The second-order valence-electron chi connectivity index (χ2n) is 5.46. The smallest absolute Gasteiger partial charge is 0.470 e. The van der Waals surface area contributed by atoms with Crippen molar-refractivity contribution in [1.29, 1.82) is 0 Å². The Kier molecular flexibility index (Phi) is 7.23. The number of aliphatic hydroxyl groups excluding tert-OH is 1. The van der Waals surface area contributed by atoms with Gasteiger partial charge in [0.25, 0.3) is 5.56 Å². The summed E-state index contributed by atoms with van der Waals surface area (Å²) in [6, 6.07) is 1.13. The predicted molar refractivity (Wildman–Crippen MR) is 95.5 cm³/mol. The Morgan fingerprint density at radius 1 is 1.21 bits per heavy atom. The lowest BCUT2D eigenvalue weighted by Gasteiger charge is -2.20. The van der Waals surface area contributed by atoms with Gasteiger partial charge in [-0.3, -0.25) is 18.9 Å². The van der Waals surface area contributed by atoms with Gasteiger partial charge >= 0.3 is 23.5 Å². The van der Waals surface area contributed by atoms with Crippen molar-refractivity contribution in [2.24, 2.45) is 0 Å². The minimum absolute atomic E-state index is 0.00120. The fraction of sp³-hybridized carbons (Fsp3) is 0.400. The van der Waals surface area contributed by atoms with E-state index in [9.17, 15) is 28.5 Å². The minimum Gasteiger partial charge on any atom is -0.470 e. The van der Waals surface area contributed by atoms with Gasteiger partial charge < -0.3 is 29.4 Å². The second-order valence-corrected chi connectivity index (χ2v) is 10.3. The van der Waals surface area contributed by atoms with Crippen LogP contribution in [0.15, 0.2) is 22.6 Å². The second kappa shape index (κ2) is 8.63. The van der Waals surface area contributed by atoms with Crippen LogP contribution < -0.4 is 5.56 Å². The number of nitrogens with one attached hydrogen (secondary N) is 1. The molecule has 19 heteroatoms. The van der Waals surface area contributed by atoms with E-state index >= 15 is 0 Å². The van der Waals surface area contributed by atoms with Crippen LogP contribution in [-0.2, 0) is 31.6 Å². The molecular formula is C10H15N2O13P3S. The van der Waals surface area contributed by atoms with Crippen molar-refractivity contribution in [3.05, 3.63) is 33.0 Å². The van der Waals surface area contributed by atoms with E-state index in [0.717, 1.165) is 6.07 Å². The molecule has 2 unspecified atom stereocenters. The van der Waals surface area contributed by atoms with Crippen LogP contribution in [0.3, 0.4) is 0 Å². The van der Waals surface area contributed by atoms with Crippen LogP contribution >= 0.6 is 35.7 Å². The molecule has 0 aliphatic carbocycles. The first-order valence-corrected chi connectivity index (χ1v) is 12.2. The molecule has 2 rings (SSSR count). The van der Waals surface area contributed by atoms with Crippen LogP contribution in [0.2, 0.25) is 0 Å². The van der Waals surface area contributed by atoms with E-state index < -0.39 is 47.8 Å². The number of aromatic amines is 1. The molecule has 1 aromatic heterocycles. The molecule has 29 heavy (non-hydrogen) atoms. The fourth-order valence-corrected chi connectivity index (χ4v) is 5.40. The summed E-state index contributed by atoms with van der Waals surface area (Å²) in [6.07, 6.45) is -1.41. The molecule has 0 saturated heterocycles. The third kappa shape index (κ3) is 6.76. The molecule has 0 fully saturated rings. The Balaban J connectivity index is 2.08. The Morgan fingerprint density at radius 3 is 2.38 bits per heavy atom. The largest absolute Gasteiger partial charge is 0.490 e. The van der Waals surface area contributed by atoms with Crippen LogP contribution in [0.1, 0.15) is 6.92 Å². The molecular weight excluding hydrogens is 481 g/mol. The van der Waals surface area contributed by atoms with Gasteiger partial charge in [-0.2, -0.15) is 8.62 Å². The highest BCUT2D eigenvalue weighted by atomic mass is 32.1. The lowest BCUT2D eigenvalue weighted by Crippen LogP contribution is -2.28. The molecule has 1 aromatic rings. The van der Waals surface area contributed by atoms with Gasteiger partial charge in [-0.05, 0) is 19.1 Å². The highest BCUT2D eigenvalue weighted by Crippen LogP contribution is 2.66. The van der Waals surface area contributed by atoms with Gasteiger partial charge in [0, 0.05) is 17.8 Å². The first-order chi connectivity index (χ1) is 13.1. The average Bonchev–Trinajstić information content (AvgIpc) is 2.78. The third-order valence-corrected chi connectivity index (χ3v) is 7.36. The van der Waals surface area contributed by atoms with Gasteiger partial charge in [0.15, 0.2) is 10.9 Å². The number of phosphoric ester groups is 1. The van der Waals surface area contributed by atoms with Crippen molar-refractivity contribution in [1.82, 2.24) is 9.55 Å². The molecule has 0 radical (unpaired) electrons. The molecule has 0 bridgehead atoms. The number of hydrogen-bond donors (Lipinski definition) is 6. The van der Waals surface area contributed by atoms with E-state index in [2.05, 4.69) is 18.1 Å². The fourth-order valence-electron chi connectivity index (χ4n) is 2.13. The Morgan fingerprint density at radius 2 is 1.83 bits per heavy atom. The van der Waals surface area contributed by atoms with Gasteiger partial charge in [-0.25, -0.2) is 13.7 Å². The first-order valence-electron chi connectivity index (χ1n) is 7.26. The van der Waals surface area contributed by atoms with Crippen LogP contribution in [0.4, 0.5) is 0 Å². The number of nitrogens with zero attached hydrogens (tertiary/aromatic N) is 1. The molecule has 0 aromatic carbocycles. The summed E-state index contributed by atoms with van der Waals surface area (Å²) in [7, 11) is -16.6. The van der Waals surface area contributed by atoms with E-state index in [1.807, 2.05) is 0 Å². The molecule has 1 aliphatic rings. The van der Waals surface area contributed by atoms with E-state index in [1.165, 1.54) is 17.7 Å². The van der Waals surface area contributed by atoms with E-state index in [1.54, 1.807) is 0 Å². The summed E-state index contributed by atoms with van der Waals surface area (Å²) in [6.45, 7) is 0.583. The van der Waals surface area contributed by atoms with Crippen molar-refractivity contribution in [3.8, 4) is 0 Å². The maximum atomic E-state index is 11.7. The van der Waals surface area contributed by atoms with Crippen molar-refractivity contribution in [2.45, 2.75) is 19.1 Å². The number of hydrogen-bond acceptors (Lipinski definition) is 10. The molecule has 6 N–H and O–H groups in total. The molecule has 4 atom stereocenters. The average molecular weight is 496 g/mol. The van der Waals surface area contributed by atoms with Crippen LogP contribution in [-0.4, -0.2) is 53.0 Å². The van der Waals surface area contributed by atoms with Gasteiger partial charge in [0.2, 0.25) is 5.88 Å². The molecule has 15 nitrogen and oxygen atoms in total. The summed E-state index contributed by atoms with van der Waals surface area (Å²) in [5.74, 6) is -0.00120. The highest BCUT2D eigenvalue weighted by Gasteiger charge is 2.42. The lowest BCUT2D eigenvalue weighted by atomic mass is 10.1. The van der Waals surface area contributed by atoms with Crippen LogP contribution in [0.5, 0.6) is 0 Å². The Labute approximate surface area is 166 Å². The van der Waals surface area contributed by atoms with Gasteiger partial charge in [0.1, 0.15) is 6.10 Å². The molecule has 0 spiro atoms. The molecule has 2 heterocycles. The lowest BCUT2D eigenvalue weighted by molar-refractivity contribution is 0.0215. The summed E-state index contributed by atoms with van der Waals surface area (Å²) < 4.78 is 51.7. The molecule has 0 saturated carbocycles. The van der Waals surface area contributed by atoms with Crippen LogP contribution in [0.25, 0.3) is 5.88 Å². The van der Waals surface area contributed by atoms with E-state index in [0.29, 0.717) is 0 Å².